The Balaban J connectivity index is 4.15. The molecular formula is C13H27NO. The second kappa shape index (κ2) is 10.2. The Labute approximate surface area is 95.1 Å². The lowest BCUT2D eigenvalue weighted by molar-refractivity contribution is 0.0289. The molecule has 0 aliphatic heterocycles. The van der Waals surface area contributed by atoms with Crippen LogP contribution in [0.25, 0.3) is 0 Å². The molecule has 0 spiro atoms. The Hall–Kier alpha value is -0.340. The third-order valence-corrected chi connectivity index (χ3v) is 2.48. The minimum absolute atomic E-state index is 0.338. The van der Waals surface area contributed by atoms with Crippen LogP contribution >= 0.6 is 0 Å². The maximum atomic E-state index is 5.78. The van der Waals surface area contributed by atoms with Gasteiger partial charge in [-0.15, -0.1) is 6.58 Å². The van der Waals surface area contributed by atoms with Crippen molar-refractivity contribution in [1.29, 1.82) is 0 Å². The molecule has 0 aromatic carbocycles. The molecule has 90 valence electrons. The number of nitrogens with one attached hydrogen (secondary N) is 1. The monoisotopic (exact) mass is 213 g/mol. The summed E-state index contributed by atoms with van der Waals surface area (Å²) in [5.74, 6) is 0. The van der Waals surface area contributed by atoms with Crippen molar-refractivity contribution in [2.75, 3.05) is 13.2 Å². The SMILES string of the molecule is C=CCC(NCCC)C(CCC)OCC. The predicted molar refractivity (Wildman–Crippen MR) is 67.2 cm³/mol. The molecule has 0 aliphatic rings. The predicted octanol–water partition coefficient (Wildman–Crippen LogP) is 3.14. The van der Waals surface area contributed by atoms with E-state index in [1.807, 2.05) is 6.08 Å². The van der Waals surface area contributed by atoms with Crippen LogP contribution in [0.2, 0.25) is 0 Å². The fourth-order valence-electron chi connectivity index (χ4n) is 1.78. The van der Waals surface area contributed by atoms with Crippen molar-refractivity contribution in [3.63, 3.8) is 0 Å². The van der Waals surface area contributed by atoms with E-state index in [-0.39, 0.29) is 0 Å². The average molecular weight is 213 g/mol. The van der Waals surface area contributed by atoms with E-state index in [2.05, 4.69) is 32.7 Å². The topological polar surface area (TPSA) is 21.3 Å². The van der Waals surface area contributed by atoms with E-state index < -0.39 is 0 Å². The first-order valence-electron chi connectivity index (χ1n) is 6.25. The summed E-state index contributed by atoms with van der Waals surface area (Å²) in [6.45, 7) is 12.1. The quantitative estimate of drug-likeness (QED) is 0.563. The van der Waals surface area contributed by atoms with Gasteiger partial charge in [0.25, 0.3) is 0 Å². The van der Waals surface area contributed by atoms with Crippen molar-refractivity contribution >= 4 is 0 Å². The fourth-order valence-corrected chi connectivity index (χ4v) is 1.78. The van der Waals surface area contributed by atoms with Gasteiger partial charge in [-0.2, -0.15) is 0 Å². The van der Waals surface area contributed by atoms with Crippen molar-refractivity contribution in [2.45, 2.75) is 58.6 Å². The Morgan fingerprint density at radius 2 is 2.00 bits per heavy atom. The molecule has 1 N–H and O–H groups in total. The zero-order chi connectivity index (χ0) is 11.5. The summed E-state index contributed by atoms with van der Waals surface area (Å²) in [7, 11) is 0. The van der Waals surface area contributed by atoms with Gasteiger partial charge in [0.2, 0.25) is 0 Å². The molecule has 2 heteroatoms. The zero-order valence-electron chi connectivity index (χ0n) is 10.6. The van der Waals surface area contributed by atoms with Crippen LogP contribution in [0.1, 0.15) is 46.5 Å². The van der Waals surface area contributed by atoms with Gasteiger partial charge in [0, 0.05) is 12.6 Å². The molecule has 15 heavy (non-hydrogen) atoms. The minimum Gasteiger partial charge on any atom is -0.377 e. The lowest BCUT2D eigenvalue weighted by atomic mass is 10.0. The molecule has 0 bridgehead atoms. The van der Waals surface area contributed by atoms with Gasteiger partial charge in [0.1, 0.15) is 0 Å². The second-order valence-corrected chi connectivity index (χ2v) is 3.87. The minimum atomic E-state index is 0.338. The summed E-state index contributed by atoms with van der Waals surface area (Å²) >= 11 is 0. The summed E-state index contributed by atoms with van der Waals surface area (Å²) in [6.07, 6.45) is 6.78. The summed E-state index contributed by atoms with van der Waals surface area (Å²) in [5.41, 5.74) is 0. The van der Waals surface area contributed by atoms with Crippen LogP contribution in [0.3, 0.4) is 0 Å². The van der Waals surface area contributed by atoms with E-state index in [0.717, 1.165) is 26.0 Å². The van der Waals surface area contributed by atoms with Crippen LogP contribution < -0.4 is 5.32 Å². The molecule has 0 heterocycles. The van der Waals surface area contributed by atoms with Crippen molar-refractivity contribution in [3.8, 4) is 0 Å². The van der Waals surface area contributed by atoms with E-state index in [9.17, 15) is 0 Å². The molecule has 0 saturated heterocycles. The van der Waals surface area contributed by atoms with Gasteiger partial charge in [0.05, 0.1) is 6.10 Å². The van der Waals surface area contributed by atoms with Gasteiger partial charge in [-0.05, 0) is 32.7 Å². The van der Waals surface area contributed by atoms with E-state index >= 15 is 0 Å². The van der Waals surface area contributed by atoms with Gasteiger partial charge >= 0.3 is 0 Å². The molecule has 2 atom stereocenters. The van der Waals surface area contributed by atoms with E-state index in [1.165, 1.54) is 12.8 Å². The van der Waals surface area contributed by atoms with Crippen LogP contribution in [0.4, 0.5) is 0 Å². The first kappa shape index (κ1) is 14.7. The summed E-state index contributed by atoms with van der Waals surface area (Å²) in [4.78, 5) is 0. The van der Waals surface area contributed by atoms with Gasteiger partial charge < -0.3 is 10.1 Å². The highest BCUT2D eigenvalue weighted by Gasteiger charge is 2.18. The maximum Gasteiger partial charge on any atom is 0.0730 e. The van der Waals surface area contributed by atoms with E-state index in [1.54, 1.807) is 0 Å². The first-order chi connectivity index (χ1) is 7.29. The summed E-state index contributed by atoms with van der Waals surface area (Å²) in [5, 5.41) is 3.54. The fraction of sp³-hybridized carbons (Fsp3) is 0.846. The highest BCUT2D eigenvalue weighted by Crippen LogP contribution is 2.11. The third-order valence-electron chi connectivity index (χ3n) is 2.48. The van der Waals surface area contributed by atoms with Gasteiger partial charge in [-0.3, -0.25) is 0 Å². The first-order valence-corrected chi connectivity index (χ1v) is 6.25. The van der Waals surface area contributed by atoms with Gasteiger partial charge in [0.15, 0.2) is 0 Å². The third kappa shape index (κ3) is 6.69. The molecule has 0 fully saturated rings. The van der Waals surface area contributed by atoms with E-state index in [4.69, 9.17) is 4.74 Å². The maximum absolute atomic E-state index is 5.78. The largest absolute Gasteiger partial charge is 0.377 e. The second-order valence-electron chi connectivity index (χ2n) is 3.87. The van der Waals surface area contributed by atoms with Crippen LogP contribution in [0.15, 0.2) is 12.7 Å². The number of rotatable bonds is 10. The molecule has 0 radical (unpaired) electrons. The molecule has 0 rings (SSSR count). The Bertz CT molecular complexity index is 141. The molecule has 2 nitrogen and oxygen atoms in total. The van der Waals surface area contributed by atoms with E-state index in [0.29, 0.717) is 12.1 Å². The Kier molecular flexibility index (Phi) is 9.96. The molecule has 0 saturated carbocycles. The van der Waals surface area contributed by atoms with Crippen molar-refractivity contribution in [3.05, 3.63) is 12.7 Å². The van der Waals surface area contributed by atoms with Crippen molar-refractivity contribution in [1.82, 2.24) is 5.32 Å². The summed E-state index contributed by atoms with van der Waals surface area (Å²) in [6, 6.07) is 0.433. The van der Waals surface area contributed by atoms with Crippen LogP contribution in [-0.4, -0.2) is 25.3 Å². The normalized spacial score (nSPS) is 14.9. The molecule has 0 aromatic rings. The highest BCUT2D eigenvalue weighted by molar-refractivity contribution is 4.84. The van der Waals surface area contributed by atoms with Crippen molar-refractivity contribution < 1.29 is 4.74 Å². The Morgan fingerprint density at radius 1 is 1.27 bits per heavy atom. The Morgan fingerprint density at radius 3 is 2.47 bits per heavy atom. The number of ether oxygens (including phenoxy) is 1. The lowest BCUT2D eigenvalue weighted by Gasteiger charge is -2.27. The molecular weight excluding hydrogens is 186 g/mol. The average Bonchev–Trinajstić information content (AvgIpc) is 2.24. The lowest BCUT2D eigenvalue weighted by Crippen LogP contribution is -2.41. The standard InChI is InChI=1S/C13H27NO/c1-5-9-12(14-11-7-3)13(10-6-2)15-8-4/h5,12-14H,1,6-11H2,2-4H3. The molecule has 0 aliphatic carbocycles. The molecule has 2 unspecified atom stereocenters. The summed E-state index contributed by atoms with van der Waals surface area (Å²) < 4.78 is 5.78. The number of hydrogen-bond acceptors (Lipinski definition) is 2. The smallest absolute Gasteiger partial charge is 0.0730 e. The van der Waals surface area contributed by atoms with Crippen LogP contribution in [-0.2, 0) is 4.74 Å². The van der Waals surface area contributed by atoms with Crippen LogP contribution in [0, 0.1) is 0 Å². The highest BCUT2D eigenvalue weighted by atomic mass is 16.5. The number of hydrogen-bond donors (Lipinski definition) is 1. The van der Waals surface area contributed by atoms with Crippen LogP contribution in [0.5, 0.6) is 0 Å². The van der Waals surface area contributed by atoms with Gasteiger partial charge in [-0.1, -0.05) is 26.3 Å². The molecule has 0 amide bonds. The molecule has 0 aromatic heterocycles. The van der Waals surface area contributed by atoms with Gasteiger partial charge in [-0.25, -0.2) is 0 Å². The van der Waals surface area contributed by atoms with Crippen molar-refractivity contribution in [2.24, 2.45) is 0 Å². The zero-order valence-corrected chi connectivity index (χ0v) is 10.6.